The number of benzene rings is 3. The molecule has 3 aromatic carbocycles. The number of amides is 4. The van der Waals surface area contributed by atoms with Gasteiger partial charge in [-0.1, -0.05) is 88.0 Å². The number of fused-ring (bicyclic) bond motifs is 1. The van der Waals surface area contributed by atoms with Crippen LogP contribution in [0.1, 0.15) is 72.4 Å². The second kappa shape index (κ2) is 21.4. The van der Waals surface area contributed by atoms with Crippen LogP contribution in [-0.4, -0.2) is 116 Å². The van der Waals surface area contributed by atoms with Crippen molar-refractivity contribution >= 4 is 46.3 Å². The van der Waals surface area contributed by atoms with Gasteiger partial charge in [0.15, 0.2) is 5.78 Å². The van der Waals surface area contributed by atoms with Gasteiger partial charge in [0.05, 0.1) is 19.1 Å². The van der Waals surface area contributed by atoms with Crippen LogP contribution >= 0.6 is 0 Å². The number of nitrogens with zero attached hydrogens (tertiary/aromatic N) is 2. The van der Waals surface area contributed by atoms with E-state index in [9.17, 15) is 28.8 Å². The predicted molar refractivity (Wildman–Crippen MR) is 238 cm³/mol. The molecule has 14 nitrogen and oxygen atoms in total. The molecule has 1 aliphatic heterocycles. The van der Waals surface area contributed by atoms with E-state index < -0.39 is 70.9 Å². The maximum absolute atomic E-state index is 14.6. The molecule has 3 N–H and O–H groups in total. The largest absolute Gasteiger partial charge is 0.490 e. The normalized spacial score (nSPS) is 17.2. The Kier molecular flexibility index (Phi) is 16.8. The molecule has 0 aliphatic carbocycles. The van der Waals surface area contributed by atoms with Gasteiger partial charge in [-0.05, 0) is 93.5 Å². The zero-order chi connectivity index (χ0) is 45.9. The number of carbonyl (C=O) groups excluding carboxylic acids is 6. The second-order valence-corrected chi connectivity index (χ2v) is 18.1. The molecule has 4 rings (SSSR count). The fourth-order valence-corrected chi connectivity index (χ4v) is 7.35. The summed E-state index contributed by atoms with van der Waals surface area (Å²) in [7, 11) is 4.47. The molecule has 0 spiro atoms. The molecular weight excluding hydrogens is 791 g/mol. The van der Waals surface area contributed by atoms with E-state index in [4.69, 9.17) is 14.2 Å². The first kappa shape index (κ1) is 48.9. The molecule has 1 unspecified atom stereocenters. The lowest BCUT2D eigenvalue weighted by molar-refractivity contribution is -0.147. The van der Waals surface area contributed by atoms with Crippen molar-refractivity contribution in [1.29, 1.82) is 0 Å². The summed E-state index contributed by atoms with van der Waals surface area (Å²) in [5, 5.41) is 11.0. The van der Waals surface area contributed by atoms with E-state index in [0.717, 1.165) is 21.9 Å². The fourth-order valence-electron chi connectivity index (χ4n) is 7.35. The number of methoxy groups -OCH3 is 1. The molecule has 62 heavy (non-hydrogen) atoms. The zero-order valence-corrected chi connectivity index (χ0v) is 37.9. The first-order valence-corrected chi connectivity index (χ1v) is 21.1. The number of likely N-dealkylation sites (N-methyl/N-ethyl adjacent to an activating group) is 2. The Morgan fingerprint density at radius 2 is 1.55 bits per heavy atom. The van der Waals surface area contributed by atoms with Gasteiger partial charge in [0.2, 0.25) is 17.7 Å². The minimum absolute atomic E-state index is 0.124. The monoisotopic (exact) mass is 855 g/mol. The summed E-state index contributed by atoms with van der Waals surface area (Å²) in [6, 6.07) is 16.4. The van der Waals surface area contributed by atoms with Gasteiger partial charge in [0.1, 0.15) is 36.1 Å². The minimum atomic E-state index is -1.09. The highest BCUT2D eigenvalue weighted by Crippen LogP contribution is 2.28. The van der Waals surface area contributed by atoms with Crippen molar-refractivity contribution in [2.24, 2.45) is 11.3 Å². The van der Waals surface area contributed by atoms with Gasteiger partial charge in [-0.25, -0.2) is 4.79 Å². The van der Waals surface area contributed by atoms with E-state index in [0.29, 0.717) is 12.4 Å². The molecule has 0 radical (unpaired) electrons. The summed E-state index contributed by atoms with van der Waals surface area (Å²) in [5.41, 5.74) is -0.0113. The highest BCUT2D eigenvalue weighted by atomic mass is 16.6. The fraction of sp³-hybridized carbons (Fsp3) is 0.500. The summed E-state index contributed by atoms with van der Waals surface area (Å²) < 4.78 is 16.2. The van der Waals surface area contributed by atoms with E-state index in [1.54, 1.807) is 73.7 Å². The number of likely N-dealkylation sites (tertiary alicyclic amines) is 1. The van der Waals surface area contributed by atoms with Gasteiger partial charge in [0, 0.05) is 26.1 Å². The number of carbonyl (C=O) groups is 6. The van der Waals surface area contributed by atoms with Gasteiger partial charge in [-0.15, -0.1) is 0 Å². The van der Waals surface area contributed by atoms with Crippen LogP contribution in [-0.2, 0) is 46.3 Å². The van der Waals surface area contributed by atoms with Crippen molar-refractivity contribution in [3.05, 3.63) is 90.5 Å². The Bertz CT molecular complexity index is 2070. The van der Waals surface area contributed by atoms with E-state index in [-0.39, 0.29) is 44.1 Å². The van der Waals surface area contributed by atoms with Crippen LogP contribution in [0.3, 0.4) is 0 Å². The van der Waals surface area contributed by atoms with Gasteiger partial charge in [-0.3, -0.25) is 28.9 Å². The van der Waals surface area contributed by atoms with Gasteiger partial charge < -0.3 is 35.1 Å². The predicted octanol–water partition coefficient (Wildman–Crippen LogP) is 5.40. The van der Waals surface area contributed by atoms with Gasteiger partial charge >= 0.3 is 12.1 Å². The molecule has 6 atom stereocenters. The van der Waals surface area contributed by atoms with Crippen molar-refractivity contribution in [2.45, 2.75) is 110 Å². The molecule has 4 amide bonds. The summed E-state index contributed by atoms with van der Waals surface area (Å²) in [6.07, 6.45) is 1.30. The molecule has 3 aromatic rings. The highest BCUT2D eigenvalue weighted by molar-refractivity contribution is 5.97. The number of esters is 1. The molecule has 0 bridgehead atoms. The van der Waals surface area contributed by atoms with Crippen molar-refractivity contribution in [2.75, 3.05) is 34.4 Å². The third kappa shape index (κ3) is 13.4. The first-order chi connectivity index (χ1) is 29.1. The van der Waals surface area contributed by atoms with E-state index in [2.05, 4.69) is 22.5 Å². The first-order valence-electron chi connectivity index (χ1n) is 21.1. The Hall–Kier alpha value is -5.76. The zero-order valence-electron chi connectivity index (χ0n) is 37.9. The smallest absolute Gasteiger partial charge is 0.410 e. The summed E-state index contributed by atoms with van der Waals surface area (Å²) in [6.45, 7) is 16.3. The van der Waals surface area contributed by atoms with Crippen LogP contribution in [0.5, 0.6) is 5.75 Å². The quantitative estimate of drug-likeness (QED) is 0.111. The average molecular weight is 856 g/mol. The summed E-state index contributed by atoms with van der Waals surface area (Å²) in [5.74, 6) is -2.76. The van der Waals surface area contributed by atoms with Crippen molar-refractivity contribution in [1.82, 2.24) is 25.8 Å². The van der Waals surface area contributed by atoms with Gasteiger partial charge in [-0.2, -0.15) is 0 Å². The molecule has 1 heterocycles. The van der Waals surface area contributed by atoms with Crippen LogP contribution in [0.25, 0.3) is 10.8 Å². The van der Waals surface area contributed by atoms with Crippen LogP contribution in [0.4, 0.5) is 4.79 Å². The number of ketones is 1. The number of ether oxygens (including phenoxy) is 3. The van der Waals surface area contributed by atoms with Crippen molar-refractivity contribution < 1.29 is 43.0 Å². The van der Waals surface area contributed by atoms with Crippen molar-refractivity contribution in [3.63, 3.8) is 0 Å². The van der Waals surface area contributed by atoms with Crippen LogP contribution in [0, 0.1) is 11.3 Å². The Morgan fingerprint density at radius 3 is 2.15 bits per heavy atom. The average Bonchev–Trinajstić information content (AvgIpc) is 3.67. The van der Waals surface area contributed by atoms with E-state index >= 15 is 0 Å². The van der Waals surface area contributed by atoms with E-state index in [1.807, 2.05) is 54.6 Å². The molecule has 336 valence electrons. The molecular formula is C48H65N5O9. The lowest BCUT2D eigenvalue weighted by Crippen LogP contribution is -2.60. The standard InChI is InChI=1S/C48H65N5O9/c1-12-23-61-37-21-18-31(19-22-37)24-35(45(58)60-11)27-40(54)38(26-32-17-20-33-15-13-14-16-34(33)25-32)50-43(56)39-28-36(49-9)29-53(39)44(57)41(47(3,4)5)51-42(55)30(2)52(10)46(59)62-48(6,7)8/h12-22,25,30,35-36,38-39,41,49H,1,23-24,26-29H2,2-11H3,(H,50,56)(H,51,55)/t30-,35+,36-,38-,39-,41?/m0/s1. The summed E-state index contributed by atoms with van der Waals surface area (Å²) in [4.78, 5) is 85.9. The lowest BCUT2D eigenvalue weighted by atomic mass is 9.85. The molecule has 1 saturated heterocycles. The number of nitrogens with one attached hydrogen (secondary N) is 3. The number of hydrogen-bond acceptors (Lipinski definition) is 10. The Balaban J connectivity index is 1.62. The topological polar surface area (TPSA) is 173 Å². The second-order valence-electron chi connectivity index (χ2n) is 18.1. The minimum Gasteiger partial charge on any atom is -0.490 e. The number of hydrogen-bond donors (Lipinski definition) is 3. The summed E-state index contributed by atoms with van der Waals surface area (Å²) >= 11 is 0. The van der Waals surface area contributed by atoms with Crippen LogP contribution < -0.4 is 20.7 Å². The maximum Gasteiger partial charge on any atom is 0.410 e. The Labute approximate surface area is 366 Å². The third-order valence-electron chi connectivity index (χ3n) is 11.1. The highest BCUT2D eigenvalue weighted by Gasteiger charge is 2.46. The number of rotatable bonds is 18. The molecule has 1 aliphatic rings. The van der Waals surface area contributed by atoms with Crippen molar-refractivity contribution in [3.8, 4) is 5.75 Å². The third-order valence-corrected chi connectivity index (χ3v) is 11.1. The molecule has 0 saturated carbocycles. The molecule has 14 heteroatoms. The number of Topliss-reactive ketones (excluding diaryl/α,β-unsaturated/α-hetero) is 1. The van der Waals surface area contributed by atoms with Crippen LogP contribution in [0.15, 0.2) is 79.4 Å². The van der Waals surface area contributed by atoms with Crippen LogP contribution in [0.2, 0.25) is 0 Å². The van der Waals surface area contributed by atoms with Gasteiger partial charge in [0.25, 0.3) is 0 Å². The molecule has 0 aromatic heterocycles. The lowest BCUT2D eigenvalue weighted by Gasteiger charge is -2.37. The van der Waals surface area contributed by atoms with E-state index in [1.165, 1.54) is 24.0 Å². The Morgan fingerprint density at radius 1 is 0.903 bits per heavy atom. The molecule has 1 fully saturated rings. The SMILES string of the molecule is C=CCOc1ccc(C[C@H](CC(=O)[C@H](Cc2ccc3ccccc3c2)NC(=O)[C@@H]2C[C@H](NC)CN2C(=O)C(NC(=O)[C@H](C)N(C)C(=O)OC(C)(C)C)C(C)(C)C)C(=O)OC)cc1. The maximum atomic E-state index is 14.6.